The van der Waals surface area contributed by atoms with E-state index in [-0.39, 0.29) is 21.7 Å². The van der Waals surface area contributed by atoms with Crippen LogP contribution in [-0.2, 0) is 34.4 Å². The van der Waals surface area contributed by atoms with Gasteiger partial charge in [0.15, 0.2) is 0 Å². The summed E-state index contributed by atoms with van der Waals surface area (Å²) in [5.41, 5.74) is 8.05. The molecule has 0 fully saturated rings. The second-order valence-electron chi connectivity index (χ2n) is 13.7. The van der Waals surface area contributed by atoms with Gasteiger partial charge in [-0.3, -0.25) is 0 Å². The molecule has 0 N–H and O–H groups in total. The Labute approximate surface area is 226 Å². The summed E-state index contributed by atoms with van der Waals surface area (Å²) >= 11 is 5.54. The van der Waals surface area contributed by atoms with Crippen LogP contribution >= 0.6 is 14.1 Å². The number of nitrogens with zero attached hydrogens (tertiary/aromatic N) is 2. The van der Waals surface area contributed by atoms with Gasteiger partial charge in [-0.1, -0.05) is 0 Å². The summed E-state index contributed by atoms with van der Waals surface area (Å²) in [7, 11) is 0. The Hall–Kier alpha value is -1.35. The van der Waals surface area contributed by atoms with Crippen LogP contribution in [0.3, 0.4) is 0 Å². The number of rotatable bonds is 2. The Bertz CT molecular complexity index is 1120. The predicted octanol–water partition coefficient (Wildman–Crippen LogP) is 9.38. The molecule has 35 heavy (non-hydrogen) atoms. The fourth-order valence-corrected chi connectivity index (χ4v) is 6.23. The molecular weight excluding hydrogens is 544 g/mol. The quantitative estimate of drug-likeness (QED) is 0.264. The molecule has 0 saturated heterocycles. The van der Waals surface area contributed by atoms with Crippen molar-refractivity contribution < 1.29 is 12.7 Å². The average molecular weight is 588 g/mol. The van der Waals surface area contributed by atoms with E-state index >= 15 is 0 Å². The molecule has 0 atom stereocenters. The van der Waals surface area contributed by atoms with E-state index in [1.807, 2.05) is 0 Å². The fourth-order valence-electron chi connectivity index (χ4n) is 4.76. The zero-order chi connectivity index (χ0) is 26.6. The van der Waals surface area contributed by atoms with Crippen molar-refractivity contribution in [2.45, 2.75) is 105 Å². The van der Waals surface area contributed by atoms with Crippen LogP contribution in [0.5, 0.6) is 0 Å². The fraction of sp³-hybridized carbons (Fsp3) is 0.516. The third kappa shape index (κ3) is 5.65. The third-order valence-corrected chi connectivity index (χ3v) is 8.06. The number of para-hydroxylation sites is 2. The van der Waals surface area contributed by atoms with Crippen LogP contribution in [-0.4, -0.2) is 9.13 Å². The van der Waals surface area contributed by atoms with Crippen LogP contribution in [0.4, 0.5) is 0 Å². The molecule has 3 aromatic rings. The van der Waals surface area contributed by atoms with E-state index in [4.69, 9.17) is 0 Å². The van der Waals surface area contributed by atoms with Crippen LogP contribution in [0, 0.1) is 4.32 Å². The Morgan fingerprint density at radius 3 is 0.971 bits per heavy atom. The van der Waals surface area contributed by atoms with Crippen LogP contribution in [0.15, 0.2) is 48.8 Å². The van der Waals surface area contributed by atoms with Crippen molar-refractivity contribution in [2.75, 3.05) is 0 Å². The monoisotopic (exact) mass is 586 g/mol. The molecule has 1 aromatic heterocycles. The third-order valence-electron chi connectivity index (χ3n) is 6.56. The molecule has 196 valence electrons. The van der Waals surface area contributed by atoms with Crippen molar-refractivity contribution in [3.05, 3.63) is 75.4 Å². The minimum absolute atomic E-state index is 0.0126. The van der Waals surface area contributed by atoms with Gasteiger partial charge in [-0.05, 0) is 0 Å². The van der Waals surface area contributed by atoms with E-state index in [0.29, 0.717) is 0 Å². The van der Waals surface area contributed by atoms with E-state index in [9.17, 15) is 0 Å². The topological polar surface area (TPSA) is 9.86 Å². The molecule has 0 spiro atoms. The second-order valence-corrected chi connectivity index (χ2v) is 15.3. The molecule has 3 rings (SSSR count). The van der Waals surface area contributed by atoms with Crippen molar-refractivity contribution in [1.29, 1.82) is 0 Å². The van der Waals surface area contributed by atoms with E-state index in [0.717, 1.165) is 4.32 Å². The first-order valence-corrected chi connectivity index (χ1v) is 15.3. The van der Waals surface area contributed by atoms with Gasteiger partial charge in [-0.2, -0.15) is 0 Å². The van der Waals surface area contributed by atoms with E-state index in [1.165, 1.54) is 33.6 Å². The number of hydrogen-bond donors (Lipinski definition) is 0. The summed E-state index contributed by atoms with van der Waals surface area (Å²) in [5.74, 6) is 0. The first-order chi connectivity index (χ1) is 15.9. The normalized spacial score (nSPS) is 13.5. The predicted molar refractivity (Wildman–Crippen MR) is 152 cm³/mol. The summed E-state index contributed by atoms with van der Waals surface area (Å²) in [4.78, 5) is 0. The van der Waals surface area contributed by atoms with E-state index < -0.39 is 0 Å². The summed E-state index contributed by atoms with van der Waals surface area (Å²) in [5, 5.41) is 0. The Kier molecular flexibility index (Phi) is 7.67. The van der Waals surface area contributed by atoms with Crippen molar-refractivity contribution in [2.24, 2.45) is 0 Å². The molecule has 0 aliphatic rings. The van der Waals surface area contributed by atoms with Gasteiger partial charge < -0.3 is 0 Å². The van der Waals surface area contributed by atoms with Crippen molar-refractivity contribution in [3.63, 3.8) is 0 Å². The van der Waals surface area contributed by atoms with Gasteiger partial charge in [0, 0.05) is 0 Å². The van der Waals surface area contributed by atoms with Crippen LogP contribution in [0.2, 0.25) is 0 Å². The molecule has 0 aliphatic carbocycles. The number of hydrogen-bond acceptors (Lipinski definition) is 0. The first kappa shape index (κ1) is 28.2. The summed E-state index contributed by atoms with van der Waals surface area (Å²) in [6, 6.07) is 13.6. The molecule has 0 amide bonds. The van der Waals surface area contributed by atoms with Crippen molar-refractivity contribution >= 4 is 14.1 Å². The van der Waals surface area contributed by atoms with Crippen molar-refractivity contribution in [1.82, 2.24) is 9.13 Å². The Balaban J connectivity index is 2.51. The van der Waals surface area contributed by atoms with Crippen LogP contribution < -0.4 is 0 Å². The van der Waals surface area contributed by atoms with Gasteiger partial charge in [0.05, 0.1) is 0 Å². The molecule has 0 aliphatic heterocycles. The van der Waals surface area contributed by atoms with Gasteiger partial charge in [0.2, 0.25) is 0 Å². The molecule has 1 heterocycles. The summed E-state index contributed by atoms with van der Waals surface area (Å²) < 4.78 is 5.92. The van der Waals surface area contributed by atoms with Gasteiger partial charge in [0.25, 0.3) is 0 Å². The molecule has 0 saturated carbocycles. The number of halogens is 1. The zero-order valence-corrected chi connectivity index (χ0v) is 26.2. The zero-order valence-electron chi connectivity index (χ0n) is 23.7. The number of benzene rings is 2. The minimum atomic E-state index is 0.0126. The summed E-state index contributed by atoms with van der Waals surface area (Å²) in [6.07, 6.45) is 4.49. The molecule has 0 unspecified atom stereocenters. The standard InChI is InChI=1S/C31H44N2.BrH.Cu/c1-28(2,3)22-15-13-16-23(29(4,5)6)26(22)32-19-20-33(21-32)27-24(30(7,8)9)17-14-18-25(27)31(10,11)12;;/h13-20H,1-12H3;1H;/q;;+1/p-1. The molecule has 0 radical (unpaired) electrons. The summed E-state index contributed by atoms with van der Waals surface area (Å²) in [6.45, 7) is 27.7. The SMILES string of the molecule is CC(C)(C)c1cccc(C(C)(C)C)c1-n1ccn(-c2c(C(C)(C)C)cccc2C(C)(C)C)[c]1=[Cu][Br]. The van der Waals surface area contributed by atoms with Gasteiger partial charge in [0.1, 0.15) is 0 Å². The second kappa shape index (κ2) is 9.51. The molecule has 2 aromatic carbocycles. The molecular formula is C31H44BrCuN2. The molecule has 4 heteroatoms. The maximum absolute atomic E-state index is 3.80. The first-order valence-electron chi connectivity index (χ1n) is 12.5. The molecule has 0 bridgehead atoms. The van der Waals surface area contributed by atoms with Crippen LogP contribution in [0.25, 0.3) is 11.4 Å². The maximum atomic E-state index is 3.80. The van der Waals surface area contributed by atoms with Gasteiger partial charge in [-0.15, -0.1) is 0 Å². The van der Waals surface area contributed by atoms with Crippen LogP contribution in [0.1, 0.15) is 105 Å². The van der Waals surface area contributed by atoms with Crippen molar-refractivity contribution in [3.8, 4) is 11.4 Å². The Morgan fingerprint density at radius 2 is 0.771 bits per heavy atom. The van der Waals surface area contributed by atoms with Gasteiger partial charge >= 0.3 is 227 Å². The van der Waals surface area contributed by atoms with E-state index in [1.54, 1.807) is 12.7 Å². The Morgan fingerprint density at radius 1 is 0.514 bits per heavy atom. The number of imidazole rings is 1. The average Bonchev–Trinajstić information content (AvgIpc) is 3.13. The number of aromatic nitrogens is 2. The van der Waals surface area contributed by atoms with Gasteiger partial charge in [-0.25, -0.2) is 0 Å². The molecule has 2 nitrogen and oxygen atoms in total. The van der Waals surface area contributed by atoms with E-state index in [2.05, 4.69) is 155 Å².